The van der Waals surface area contributed by atoms with Gasteiger partial charge in [-0.25, -0.2) is 0 Å². The molecule has 1 rings (SSSR count). The molecule has 1 aliphatic carbocycles. The van der Waals surface area contributed by atoms with Crippen molar-refractivity contribution in [3.8, 4) is 0 Å². The molecule has 2 nitrogen and oxygen atoms in total. The summed E-state index contributed by atoms with van der Waals surface area (Å²) in [7, 11) is 0. The molecule has 0 fully saturated rings. The fraction of sp³-hybridized carbons (Fsp3) is 0.727. The molecule has 0 aliphatic heterocycles. The van der Waals surface area contributed by atoms with Crippen molar-refractivity contribution in [1.82, 2.24) is 0 Å². The van der Waals surface area contributed by atoms with Gasteiger partial charge in [0.15, 0.2) is 0 Å². The van der Waals surface area contributed by atoms with Crippen molar-refractivity contribution in [2.45, 2.75) is 40.0 Å². The maximum atomic E-state index is 10.6. The van der Waals surface area contributed by atoms with Gasteiger partial charge in [-0.05, 0) is 31.1 Å². The first-order chi connectivity index (χ1) is 5.89. The van der Waals surface area contributed by atoms with Crippen molar-refractivity contribution >= 4 is 5.97 Å². The van der Waals surface area contributed by atoms with Crippen molar-refractivity contribution in [2.75, 3.05) is 0 Å². The molecular weight excluding hydrogens is 164 g/mol. The van der Waals surface area contributed by atoms with Crippen LogP contribution in [0.5, 0.6) is 0 Å². The second-order valence-corrected chi connectivity index (χ2v) is 4.92. The molecule has 74 valence electrons. The third-order valence-corrected chi connectivity index (χ3v) is 2.53. The SMILES string of the molecule is CC1=CC(CC(=O)O)CC(C)(C)C1. The molecule has 0 saturated heterocycles. The average molecular weight is 182 g/mol. The van der Waals surface area contributed by atoms with E-state index < -0.39 is 5.97 Å². The maximum Gasteiger partial charge on any atom is 0.303 e. The third-order valence-electron chi connectivity index (χ3n) is 2.53. The Hall–Kier alpha value is -0.790. The topological polar surface area (TPSA) is 37.3 Å². The van der Waals surface area contributed by atoms with E-state index in [9.17, 15) is 4.79 Å². The van der Waals surface area contributed by atoms with Gasteiger partial charge in [0, 0.05) is 0 Å². The molecule has 0 aromatic carbocycles. The standard InChI is InChI=1S/C11H18O2/c1-8-4-9(5-10(12)13)7-11(2,3)6-8/h4,9H,5-7H2,1-3H3,(H,12,13). The van der Waals surface area contributed by atoms with Crippen molar-refractivity contribution in [2.24, 2.45) is 11.3 Å². The molecule has 0 radical (unpaired) electrons. The molecule has 1 aliphatic rings. The van der Waals surface area contributed by atoms with Crippen LogP contribution in [0.15, 0.2) is 11.6 Å². The second-order valence-electron chi connectivity index (χ2n) is 4.92. The minimum absolute atomic E-state index is 0.237. The molecule has 0 bridgehead atoms. The van der Waals surface area contributed by atoms with E-state index in [1.807, 2.05) is 0 Å². The van der Waals surface area contributed by atoms with Crippen LogP contribution in [0.2, 0.25) is 0 Å². The van der Waals surface area contributed by atoms with E-state index in [2.05, 4.69) is 26.8 Å². The van der Waals surface area contributed by atoms with E-state index in [0.29, 0.717) is 0 Å². The number of allylic oxidation sites excluding steroid dienone is 2. The lowest BCUT2D eigenvalue weighted by molar-refractivity contribution is -0.137. The number of rotatable bonds is 2. The number of hydrogen-bond acceptors (Lipinski definition) is 1. The predicted molar refractivity (Wildman–Crippen MR) is 52.5 cm³/mol. The molecule has 0 spiro atoms. The predicted octanol–water partition coefficient (Wildman–Crippen LogP) is 2.84. The van der Waals surface area contributed by atoms with Crippen LogP contribution in [0.3, 0.4) is 0 Å². The Labute approximate surface area is 79.6 Å². The van der Waals surface area contributed by atoms with Crippen LogP contribution in [0, 0.1) is 11.3 Å². The molecule has 0 heterocycles. The summed E-state index contributed by atoms with van der Waals surface area (Å²) in [5.74, 6) is -0.451. The van der Waals surface area contributed by atoms with Crippen LogP contribution in [0.4, 0.5) is 0 Å². The van der Waals surface area contributed by atoms with Crippen LogP contribution in [0.1, 0.15) is 40.0 Å². The van der Waals surface area contributed by atoms with Crippen LogP contribution in [-0.2, 0) is 4.79 Å². The highest BCUT2D eigenvalue weighted by atomic mass is 16.4. The van der Waals surface area contributed by atoms with Crippen LogP contribution < -0.4 is 0 Å². The highest BCUT2D eigenvalue weighted by Crippen LogP contribution is 2.38. The Kier molecular flexibility index (Phi) is 2.79. The summed E-state index contributed by atoms with van der Waals surface area (Å²) < 4.78 is 0. The van der Waals surface area contributed by atoms with E-state index in [1.165, 1.54) is 5.57 Å². The molecule has 0 aromatic heterocycles. The molecular formula is C11H18O2. The molecule has 0 saturated carbocycles. The number of carboxylic acids is 1. The molecule has 2 heteroatoms. The Morgan fingerprint density at radius 3 is 2.77 bits per heavy atom. The fourth-order valence-corrected chi connectivity index (χ4v) is 2.41. The second kappa shape index (κ2) is 3.52. The smallest absolute Gasteiger partial charge is 0.303 e. The van der Waals surface area contributed by atoms with Crippen molar-refractivity contribution in [3.05, 3.63) is 11.6 Å². The van der Waals surface area contributed by atoms with Gasteiger partial charge in [-0.1, -0.05) is 25.5 Å². The zero-order valence-electron chi connectivity index (χ0n) is 8.63. The first-order valence-electron chi connectivity index (χ1n) is 4.78. The number of aliphatic carboxylic acids is 1. The molecule has 13 heavy (non-hydrogen) atoms. The van der Waals surface area contributed by atoms with E-state index in [4.69, 9.17) is 5.11 Å². The molecule has 0 aromatic rings. The number of hydrogen-bond donors (Lipinski definition) is 1. The van der Waals surface area contributed by atoms with E-state index in [-0.39, 0.29) is 17.8 Å². The van der Waals surface area contributed by atoms with Gasteiger partial charge < -0.3 is 5.11 Å². The Morgan fingerprint density at radius 2 is 2.31 bits per heavy atom. The summed E-state index contributed by atoms with van der Waals surface area (Å²) >= 11 is 0. The monoisotopic (exact) mass is 182 g/mol. The van der Waals surface area contributed by atoms with Gasteiger partial charge in [0.05, 0.1) is 6.42 Å². The van der Waals surface area contributed by atoms with Crippen LogP contribution in [0.25, 0.3) is 0 Å². The minimum atomic E-state index is -0.688. The van der Waals surface area contributed by atoms with Gasteiger partial charge >= 0.3 is 5.97 Å². The number of carbonyl (C=O) groups is 1. The van der Waals surface area contributed by atoms with E-state index >= 15 is 0 Å². The maximum absolute atomic E-state index is 10.6. The Bertz CT molecular complexity index is 238. The van der Waals surface area contributed by atoms with Gasteiger partial charge in [-0.2, -0.15) is 0 Å². The average Bonchev–Trinajstić information content (AvgIpc) is 1.78. The van der Waals surface area contributed by atoms with Crippen molar-refractivity contribution in [3.63, 3.8) is 0 Å². The number of carboxylic acid groups (broad SMARTS) is 1. The summed E-state index contributed by atoms with van der Waals surface area (Å²) in [5, 5.41) is 8.69. The van der Waals surface area contributed by atoms with Crippen molar-refractivity contribution in [1.29, 1.82) is 0 Å². The first-order valence-corrected chi connectivity index (χ1v) is 4.78. The van der Waals surface area contributed by atoms with Crippen LogP contribution in [-0.4, -0.2) is 11.1 Å². The largest absolute Gasteiger partial charge is 0.481 e. The summed E-state index contributed by atoms with van der Waals surface area (Å²) in [6.45, 7) is 6.51. The lowest BCUT2D eigenvalue weighted by Crippen LogP contribution is -2.22. The Morgan fingerprint density at radius 1 is 1.69 bits per heavy atom. The van der Waals surface area contributed by atoms with Gasteiger partial charge in [-0.3, -0.25) is 4.79 Å². The van der Waals surface area contributed by atoms with E-state index in [1.54, 1.807) is 0 Å². The van der Waals surface area contributed by atoms with Crippen molar-refractivity contribution < 1.29 is 9.90 Å². The normalized spacial score (nSPS) is 26.7. The van der Waals surface area contributed by atoms with Gasteiger partial charge in [-0.15, -0.1) is 0 Å². The fourth-order valence-electron chi connectivity index (χ4n) is 2.41. The van der Waals surface area contributed by atoms with E-state index in [0.717, 1.165) is 12.8 Å². The molecule has 1 N–H and O–H groups in total. The van der Waals surface area contributed by atoms with Gasteiger partial charge in [0.2, 0.25) is 0 Å². The highest BCUT2D eigenvalue weighted by molar-refractivity contribution is 5.67. The summed E-state index contributed by atoms with van der Waals surface area (Å²) in [6, 6.07) is 0. The summed E-state index contributed by atoms with van der Waals surface area (Å²) in [4.78, 5) is 10.6. The lowest BCUT2D eigenvalue weighted by Gasteiger charge is -2.33. The zero-order chi connectivity index (χ0) is 10.1. The van der Waals surface area contributed by atoms with Crippen LogP contribution >= 0.6 is 0 Å². The molecule has 1 unspecified atom stereocenters. The summed E-state index contributed by atoms with van der Waals surface area (Å²) in [5.41, 5.74) is 1.61. The van der Waals surface area contributed by atoms with Gasteiger partial charge in [0.1, 0.15) is 0 Å². The molecule has 1 atom stereocenters. The third kappa shape index (κ3) is 3.21. The first kappa shape index (κ1) is 10.3. The lowest BCUT2D eigenvalue weighted by atomic mass is 9.72. The minimum Gasteiger partial charge on any atom is -0.481 e. The Balaban J connectivity index is 2.67. The quantitative estimate of drug-likeness (QED) is 0.667. The molecule has 0 amide bonds. The van der Waals surface area contributed by atoms with Gasteiger partial charge in [0.25, 0.3) is 0 Å². The summed E-state index contributed by atoms with van der Waals surface area (Å²) in [6.07, 6.45) is 4.50. The zero-order valence-corrected chi connectivity index (χ0v) is 8.63. The highest BCUT2D eigenvalue weighted by Gasteiger charge is 2.28.